The van der Waals surface area contributed by atoms with Crippen molar-refractivity contribution in [2.24, 2.45) is 0 Å². The third-order valence-corrected chi connectivity index (χ3v) is 3.32. The quantitative estimate of drug-likeness (QED) is 0.660. The Morgan fingerprint density at radius 3 is 2.26 bits per heavy atom. The molecule has 94 valence electrons. The molecule has 19 heavy (non-hydrogen) atoms. The summed E-state index contributed by atoms with van der Waals surface area (Å²) in [7, 11) is 0. The second-order valence-electron chi connectivity index (χ2n) is 4.34. The van der Waals surface area contributed by atoms with Gasteiger partial charge in [0.05, 0.1) is 0 Å². The number of hydrogen-bond acceptors (Lipinski definition) is 1. The van der Waals surface area contributed by atoms with E-state index in [1.54, 1.807) is 12.1 Å². The number of aromatic hydroxyl groups is 1. The second kappa shape index (κ2) is 4.56. The highest BCUT2D eigenvalue weighted by atomic mass is 35.5. The smallest absolute Gasteiger partial charge is 0.131 e. The van der Waals surface area contributed by atoms with Gasteiger partial charge in [0.15, 0.2) is 0 Å². The first kappa shape index (κ1) is 12.0. The number of fused-ring (bicyclic) bond motifs is 1. The molecule has 0 bridgehead atoms. The highest BCUT2D eigenvalue weighted by molar-refractivity contribution is 6.30. The summed E-state index contributed by atoms with van der Waals surface area (Å²) in [6.45, 7) is 0. The molecule has 0 unspecified atom stereocenters. The van der Waals surface area contributed by atoms with Crippen LogP contribution in [0.5, 0.6) is 5.75 Å². The van der Waals surface area contributed by atoms with Crippen LogP contribution >= 0.6 is 11.6 Å². The zero-order valence-corrected chi connectivity index (χ0v) is 10.7. The van der Waals surface area contributed by atoms with Gasteiger partial charge in [0.1, 0.15) is 11.6 Å². The van der Waals surface area contributed by atoms with Gasteiger partial charge in [-0.1, -0.05) is 35.9 Å². The van der Waals surface area contributed by atoms with E-state index < -0.39 is 5.82 Å². The summed E-state index contributed by atoms with van der Waals surface area (Å²) >= 11 is 5.89. The zero-order chi connectivity index (χ0) is 13.4. The first-order valence-electron chi connectivity index (χ1n) is 5.82. The number of phenolic OH excluding ortho intramolecular Hbond substituents is 1. The minimum absolute atomic E-state index is 0.0415. The van der Waals surface area contributed by atoms with Crippen LogP contribution in [0, 0.1) is 5.82 Å². The third kappa shape index (κ3) is 2.15. The van der Waals surface area contributed by atoms with E-state index in [1.165, 1.54) is 18.2 Å². The molecule has 0 aliphatic heterocycles. The van der Waals surface area contributed by atoms with Gasteiger partial charge in [-0.15, -0.1) is 0 Å². The van der Waals surface area contributed by atoms with Crippen molar-refractivity contribution >= 4 is 22.4 Å². The van der Waals surface area contributed by atoms with Crippen LogP contribution < -0.4 is 0 Å². The molecule has 0 aliphatic carbocycles. The average Bonchev–Trinajstić information content (AvgIpc) is 2.41. The maximum atomic E-state index is 13.9. The molecule has 1 N–H and O–H groups in total. The van der Waals surface area contributed by atoms with E-state index in [0.717, 1.165) is 10.8 Å². The molecule has 0 aromatic heterocycles. The molecule has 3 heteroatoms. The van der Waals surface area contributed by atoms with Crippen LogP contribution in [0.3, 0.4) is 0 Å². The topological polar surface area (TPSA) is 20.2 Å². The molecule has 0 atom stereocenters. The molecule has 0 aliphatic rings. The molecule has 0 radical (unpaired) electrons. The van der Waals surface area contributed by atoms with E-state index in [4.69, 9.17) is 11.6 Å². The van der Waals surface area contributed by atoms with Crippen molar-refractivity contribution in [2.45, 2.75) is 0 Å². The average molecular weight is 273 g/mol. The summed E-state index contributed by atoms with van der Waals surface area (Å²) in [4.78, 5) is 0. The van der Waals surface area contributed by atoms with Gasteiger partial charge in [-0.25, -0.2) is 4.39 Å². The fourth-order valence-electron chi connectivity index (χ4n) is 2.15. The Balaban J connectivity index is 2.30. The Kier molecular flexibility index (Phi) is 2.88. The first-order chi connectivity index (χ1) is 9.15. The molecule has 3 aromatic carbocycles. The lowest BCUT2D eigenvalue weighted by Crippen LogP contribution is -1.86. The predicted octanol–water partition coefficient (Wildman–Crippen LogP) is 5.00. The van der Waals surface area contributed by atoms with E-state index in [2.05, 4.69) is 0 Å². The lowest BCUT2D eigenvalue weighted by molar-refractivity contribution is 0.477. The van der Waals surface area contributed by atoms with E-state index in [0.29, 0.717) is 16.1 Å². The summed E-state index contributed by atoms with van der Waals surface area (Å²) in [6, 6.07) is 15.3. The largest absolute Gasteiger partial charge is 0.507 e. The van der Waals surface area contributed by atoms with Crippen molar-refractivity contribution in [3.8, 4) is 16.9 Å². The molecule has 3 rings (SSSR count). The lowest BCUT2D eigenvalue weighted by Gasteiger charge is -2.09. The summed E-state index contributed by atoms with van der Waals surface area (Å²) in [5.74, 6) is -0.366. The van der Waals surface area contributed by atoms with Crippen LogP contribution in [0.15, 0.2) is 54.6 Å². The normalized spacial score (nSPS) is 10.8. The van der Waals surface area contributed by atoms with Gasteiger partial charge in [-0.3, -0.25) is 0 Å². The van der Waals surface area contributed by atoms with Crippen LogP contribution in [-0.4, -0.2) is 5.11 Å². The third-order valence-electron chi connectivity index (χ3n) is 3.08. The van der Waals surface area contributed by atoms with Gasteiger partial charge in [-0.2, -0.15) is 0 Å². The number of benzene rings is 3. The summed E-state index contributed by atoms with van der Waals surface area (Å²) in [5, 5.41) is 12.3. The van der Waals surface area contributed by atoms with E-state index in [1.807, 2.05) is 24.3 Å². The molecule has 0 spiro atoms. The van der Waals surface area contributed by atoms with Crippen molar-refractivity contribution in [1.82, 2.24) is 0 Å². The SMILES string of the molecule is Oc1cc2ccccc2cc1-c1cc(Cl)ccc1F. The van der Waals surface area contributed by atoms with E-state index in [9.17, 15) is 9.50 Å². The highest BCUT2D eigenvalue weighted by Gasteiger charge is 2.11. The summed E-state index contributed by atoms with van der Waals surface area (Å²) < 4.78 is 13.9. The molecule has 0 fully saturated rings. The van der Waals surface area contributed by atoms with Crippen LogP contribution in [-0.2, 0) is 0 Å². The Morgan fingerprint density at radius 1 is 0.842 bits per heavy atom. The van der Waals surface area contributed by atoms with Crippen molar-refractivity contribution in [3.05, 3.63) is 65.4 Å². The molecular formula is C16H10ClFO. The fourth-order valence-corrected chi connectivity index (χ4v) is 2.32. The zero-order valence-electron chi connectivity index (χ0n) is 9.90. The van der Waals surface area contributed by atoms with Crippen LogP contribution in [0.2, 0.25) is 5.02 Å². The van der Waals surface area contributed by atoms with Crippen molar-refractivity contribution in [3.63, 3.8) is 0 Å². The first-order valence-corrected chi connectivity index (χ1v) is 6.20. The number of rotatable bonds is 1. The lowest BCUT2D eigenvalue weighted by atomic mass is 10.00. The van der Waals surface area contributed by atoms with Gasteiger partial charge in [0.2, 0.25) is 0 Å². The maximum absolute atomic E-state index is 13.9. The molecule has 3 aromatic rings. The maximum Gasteiger partial charge on any atom is 0.131 e. The Labute approximate surface area is 114 Å². The van der Waals surface area contributed by atoms with E-state index in [-0.39, 0.29) is 5.75 Å². The predicted molar refractivity (Wildman–Crippen MR) is 76.0 cm³/mol. The molecule has 0 amide bonds. The van der Waals surface area contributed by atoms with Gasteiger partial charge in [-0.05, 0) is 41.1 Å². The van der Waals surface area contributed by atoms with E-state index >= 15 is 0 Å². The number of phenols is 1. The van der Waals surface area contributed by atoms with Crippen molar-refractivity contribution < 1.29 is 9.50 Å². The molecule has 0 saturated carbocycles. The Bertz CT molecular complexity index is 768. The van der Waals surface area contributed by atoms with Gasteiger partial charge >= 0.3 is 0 Å². The molecule has 1 nitrogen and oxygen atoms in total. The minimum atomic E-state index is -0.407. The van der Waals surface area contributed by atoms with Crippen molar-refractivity contribution in [2.75, 3.05) is 0 Å². The summed E-state index contributed by atoms with van der Waals surface area (Å²) in [6.07, 6.45) is 0. The number of hydrogen-bond donors (Lipinski definition) is 1. The summed E-state index contributed by atoms with van der Waals surface area (Å²) in [5.41, 5.74) is 0.745. The fraction of sp³-hybridized carbons (Fsp3) is 0. The van der Waals surface area contributed by atoms with Crippen LogP contribution in [0.1, 0.15) is 0 Å². The number of halogens is 2. The Morgan fingerprint density at radius 2 is 1.53 bits per heavy atom. The monoisotopic (exact) mass is 272 g/mol. The molecular weight excluding hydrogens is 263 g/mol. The Hall–Kier alpha value is -2.06. The van der Waals surface area contributed by atoms with Gasteiger partial charge in [0, 0.05) is 16.1 Å². The van der Waals surface area contributed by atoms with Gasteiger partial charge in [0.25, 0.3) is 0 Å². The second-order valence-corrected chi connectivity index (χ2v) is 4.78. The van der Waals surface area contributed by atoms with Gasteiger partial charge < -0.3 is 5.11 Å². The van der Waals surface area contributed by atoms with Crippen LogP contribution in [0.25, 0.3) is 21.9 Å². The molecule has 0 heterocycles. The highest BCUT2D eigenvalue weighted by Crippen LogP contribution is 2.35. The minimum Gasteiger partial charge on any atom is -0.507 e. The van der Waals surface area contributed by atoms with Crippen LogP contribution in [0.4, 0.5) is 4.39 Å². The molecule has 0 saturated heterocycles. The van der Waals surface area contributed by atoms with Crippen molar-refractivity contribution in [1.29, 1.82) is 0 Å². The standard InChI is InChI=1S/C16H10ClFO/c17-12-5-6-15(18)13(9-12)14-7-10-3-1-2-4-11(10)8-16(14)19/h1-9,19H.